The molecule has 2 N–H and O–H groups in total. The molecule has 0 heterocycles. The van der Waals surface area contributed by atoms with Gasteiger partial charge in [-0.05, 0) is 56.3 Å². The zero-order valence-electron chi connectivity index (χ0n) is 8.85. The summed E-state index contributed by atoms with van der Waals surface area (Å²) in [5.41, 5.74) is -0.358. The molecule has 0 radical (unpaired) electrons. The van der Waals surface area contributed by atoms with Gasteiger partial charge in [-0.1, -0.05) is 0 Å². The summed E-state index contributed by atoms with van der Waals surface area (Å²) in [7, 11) is 0. The van der Waals surface area contributed by atoms with E-state index in [0.29, 0.717) is 17.8 Å². The summed E-state index contributed by atoms with van der Waals surface area (Å²) < 4.78 is 0. The molecule has 4 fully saturated rings. The molecule has 4 rings (SSSR count). The first kappa shape index (κ1) is 9.79. The number of rotatable bonds is 2. The minimum atomic E-state index is -1.75. The van der Waals surface area contributed by atoms with E-state index in [1.54, 1.807) is 0 Å². The predicted octanol–water partition coefficient (Wildman–Crippen LogP) is 1.08. The highest BCUT2D eigenvalue weighted by Crippen LogP contribution is 2.60. The van der Waals surface area contributed by atoms with Gasteiger partial charge >= 0.3 is 0 Å². The standard InChI is InChI=1S/C12H18O3/c13-10(11(14)15)12-4-7-1-8(5-12)3-9(2-7)6-12/h7-9,11,14-15H,1-6H2. The quantitative estimate of drug-likeness (QED) is 0.671. The van der Waals surface area contributed by atoms with E-state index in [-0.39, 0.29) is 11.2 Å². The van der Waals surface area contributed by atoms with Crippen molar-refractivity contribution in [1.29, 1.82) is 0 Å². The fourth-order valence-electron chi connectivity index (χ4n) is 4.69. The second kappa shape index (κ2) is 3.05. The minimum Gasteiger partial charge on any atom is -0.362 e. The third-order valence-electron chi connectivity index (χ3n) is 4.80. The second-order valence-electron chi connectivity index (χ2n) is 5.94. The average molecular weight is 210 g/mol. The van der Waals surface area contributed by atoms with Crippen LogP contribution in [0.2, 0.25) is 0 Å². The van der Waals surface area contributed by atoms with Crippen molar-refractivity contribution >= 4 is 5.78 Å². The Labute approximate surface area is 89.5 Å². The molecule has 4 aliphatic rings. The maximum atomic E-state index is 11.9. The van der Waals surface area contributed by atoms with Crippen LogP contribution in [0.5, 0.6) is 0 Å². The lowest BCUT2D eigenvalue weighted by molar-refractivity contribution is -0.170. The van der Waals surface area contributed by atoms with Crippen LogP contribution in [0.25, 0.3) is 0 Å². The van der Waals surface area contributed by atoms with E-state index in [1.807, 2.05) is 0 Å². The van der Waals surface area contributed by atoms with Gasteiger partial charge in [-0.15, -0.1) is 0 Å². The fraction of sp³-hybridized carbons (Fsp3) is 0.917. The van der Waals surface area contributed by atoms with E-state index < -0.39 is 6.29 Å². The summed E-state index contributed by atoms with van der Waals surface area (Å²) in [6.45, 7) is 0. The molecule has 3 heteroatoms. The summed E-state index contributed by atoms with van der Waals surface area (Å²) >= 11 is 0. The fourth-order valence-corrected chi connectivity index (χ4v) is 4.69. The van der Waals surface area contributed by atoms with Gasteiger partial charge in [0.25, 0.3) is 0 Å². The van der Waals surface area contributed by atoms with Gasteiger partial charge < -0.3 is 10.2 Å². The van der Waals surface area contributed by atoms with Crippen LogP contribution >= 0.6 is 0 Å². The van der Waals surface area contributed by atoms with Crippen molar-refractivity contribution in [3.05, 3.63) is 0 Å². The molecule has 0 aromatic heterocycles. The second-order valence-corrected chi connectivity index (χ2v) is 5.94. The van der Waals surface area contributed by atoms with Crippen molar-refractivity contribution in [3.8, 4) is 0 Å². The maximum absolute atomic E-state index is 11.9. The lowest BCUT2D eigenvalue weighted by atomic mass is 9.48. The SMILES string of the molecule is O=C(C(O)O)C12CC3CC(CC(C3)C1)C2. The molecule has 15 heavy (non-hydrogen) atoms. The van der Waals surface area contributed by atoms with Crippen molar-refractivity contribution in [2.24, 2.45) is 23.2 Å². The van der Waals surface area contributed by atoms with Crippen molar-refractivity contribution in [2.45, 2.75) is 44.8 Å². The number of aliphatic hydroxyl groups excluding tert-OH is 1. The number of aliphatic hydroxyl groups is 2. The van der Waals surface area contributed by atoms with Crippen LogP contribution in [0.3, 0.4) is 0 Å². The Hall–Kier alpha value is -0.410. The van der Waals surface area contributed by atoms with E-state index in [1.165, 1.54) is 19.3 Å². The Morgan fingerprint density at radius 2 is 1.40 bits per heavy atom. The first-order valence-electron chi connectivity index (χ1n) is 5.99. The van der Waals surface area contributed by atoms with Crippen molar-refractivity contribution < 1.29 is 15.0 Å². The van der Waals surface area contributed by atoms with Gasteiger partial charge in [-0.2, -0.15) is 0 Å². The molecule has 0 atom stereocenters. The number of hydrogen-bond acceptors (Lipinski definition) is 3. The highest BCUT2D eigenvalue weighted by molar-refractivity contribution is 5.87. The average Bonchev–Trinajstić information content (AvgIpc) is 2.14. The molecule has 0 aromatic rings. The highest BCUT2D eigenvalue weighted by Gasteiger charge is 2.55. The van der Waals surface area contributed by atoms with Gasteiger partial charge in [0, 0.05) is 5.41 Å². The third kappa shape index (κ3) is 1.36. The van der Waals surface area contributed by atoms with Gasteiger partial charge in [-0.3, -0.25) is 4.79 Å². The summed E-state index contributed by atoms with van der Waals surface area (Å²) in [5, 5.41) is 18.2. The first-order valence-corrected chi connectivity index (χ1v) is 5.99. The van der Waals surface area contributed by atoms with Gasteiger partial charge in [0.05, 0.1) is 0 Å². The topological polar surface area (TPSA) is 57.5 Å². The van der Waals surface area contributed by atoms with Crippen LogP contribution in [0.1, 0.15) is 38.5 Å². The van der Waals surface area contributed by atoms with Crippen molar-refractivity contribution in [3.63, 3.8) is 0 Å². The molecule has 3 nitrogen and oxygen atoms in total. The Bertz CT molecular complexity index is 260. The molecule has 4 aliphatic carbocycles. The number of carbonyl (C=O) groups is 1. The number of Topliss-reactive ketones (excluding diaryl/α,β-unsaturated/α-hetero) is 1. The number of hydrogen-bond donors (Lipinski definition) is 2. The van der Waals surface area contributed by atoms with E-state index in [2.05, 4.69) is 0 Å². The number of ketones is 1. The summed E-state index contributed by atoms with van der Waals surface area (Å²) in [5.74, 6) is 1.73. The Morgan fingerprint density at radius 3 is 1.73 bits per heavy atom. The van der Waals surface area contributed by atoms with E-state index in [0.717, 1.165) is 19.3 Å². The molecule has 0 amide bonds. The predicted molar refractivity (Wildman–Crippen MR) is 53.8 cm³/mol. The molecule has 0 aliphatic heterocycles. The Morgan fingerprint density at radius 1 is 1.00 bits per heavy atom. The first-order chi connectivity index (χ1) is 7.09. The summed E-state index contributed by atoms with van der Waals surface area (Å²) in [6.07, 6.45) is 4.80. The van der Waals surface area contributed by atoms with Crippen LogP contribution in [0.15, 0.2) is 0 Å². The molecule has 0 unspecified atom stereocenters. The minimum absolute atomic E-state index is 0.304. The van der Waals surface area contributed by atoms with Gasteiger partial charge in [0.15, 0.2) is 5.78 Å². The molecule has 84 valence electrons. The summed E-state index contributed by atoms with van der Waals surface area (Å²) in [4.78, 5) is 11.9. The Kier molecular flexibility index (Phi) is 1.99. The van der Waals surface area contributed by atoms with Crippen LogP contribution in [0.4, 0.5) is 0 Å². The van der Waals surface area contributed by atoms with Gasteiger partial charge in [-0.25, -0.2) is 0 Å². The molecular formula is C12H18O3. The number of carbonyl (C=O) groups excluding carboxylic acids is 1. The normalized spacial score (nSPS) is 47.5. The van der Waals surface area contributed by atoms with Crippen LogP contribution in [0, 0.1) is 23.2 Å². The van der Waals surface area contributed by atoms with Crippen molar-refractivity contribution in [1.82, 2.24) is 0 Å². The summed E-state index contributed by atoms with van der Waals surface area (Å²) in [6, 6.07) is 0. The molecule has 4 bridgehead atoms. The maximum Gasteiger partial charge on any atom is 0.213 e. The van der Waals surface area contributed by atoms with Crippen molar-refractivity contribution in [2.75, 3.05) is 0 Å². The monoisotopic (exact) mass is 210 g/mol. The van der Waals surface area contributed by atoms with E-state index >= 15 is 0 Å². The lowest BCUT2D eigenvalue weighted by Gasteiger charge is -2.56. The van der Waals surface area contributed by atoms with Gasteiger partial charge in [0.1, 0.15) is 0 Å². The lowest BCUT2D eigenvalue weighted by Crippen LogP contribution is -2.52. The van der Waals surface area contributed by atoms with Crippen LogP contribution < -0.4 is 0 Å². The Balaban J connectivity index is 1.90. The van der Waals surface area contributed by atoms with E-state index in [4.69, 9.17) is 10.2 Å². The third-order valence-corrected chi connectivity index (χ3v) is 4.80. The zero-order valence-corrected chi connectivity index (χ0v) is 8.85. The molecule has 0 aromatic carbocycles. The highest BCUT2D eigenvalue weighted by atomic mass is 16.5. The molecule has 0 saturated heterocycles. The molecule has 0 spiro atoms. The largest absolute Gasteiger partial charge is 0.362 e. The smallest absolute Gasteiger partial charge is 0.213 e. The van der Waals surface area contributed by atoms with Gasteiger partial charge in [0.2, 0.25) is 6.29 Å². The van der Waals surface area contributed by atoms with Crippen LogP contribution in [-0.4, -0.2) is 22.3 Å². The molecule has 4 saturated carbocycles. The van der Waals surface area contributed by atoms with E-state index in [9.17, 15) is 4.79 Å². The molecular weight excluding hydrogens is 192 g/mol. The zero-order chi connectivity index (χ0) is 10.6. The van der Waals surface area contributed by atoms with Crippen LogP contribution in [-0.2, 0) is 4.79 Å².